The maximum atomic E-state index is 13.5. The van der Waals surface area contributed by atoms with E-state index >= 15 is 0 Å². The Morgan fingerprint density at radius 1 is 1.29 bits per heavy atom. The Morgan fingerprint density at radius 2 is 2.04 bits per heavy atom. The van der Waals surface area contributed by atoms with Crippen LogP contribution in [0.15, 0.2) is 24.3 Å². The van der Waals surface area contributed by atoms with Crippen molar-refractivity contribution in [3.05, 3.63) is 41.2 Å². The summed E-state index contributed by atoms with van der Waals surface area (Å²) in [6.07, 6.45) is 5.84. The van der Waals surface area contributed by atoms with Gasteiger partial charge in [-0.2, -0.15) is 0 Å². The molecule has 2 unspecified atom stereocenters. The van der Waals surface area contributed by atoms with Crippen molar-refractivity contribution in [1.29, 1.82) is 0 Å². The molecule has 3 rings (SSSR count). The first kappa shape index (κ1) is 17.0. The van der Waals surface area contributed by atoms with Crippen LogP contribution >= 0.6 is 0 Å². The number of piperidine rings is 1. The van der Waals surface area contributed by atoms with Crippen LogP contribution in [0.5, 0.6) is 0 Å². The van der Waals surface area contributed by atoms with Crippen LogP contribution in [0.2, 0.25) is 0 Å². The zero-order valence-electron chi connectivity index (χ0n) is 14.9. The van der Waals surface area contributed by atoms with Gasteiger partial charge in [-0.3, -0.25) is 4.90 Å². The summed E-state index contributed by atoms with van der Waals surface area (Å²) in [5, 5.41) is 0. The largest absolute Gasteiger partial charge is 0.444 e. The van der Waals surface area contributed by atoms with Crippen molar-refractivity contribution in [2.45, 2.75) is 71.1 Å². The summed E-state index contributed by atoms with van der Waals surface area (Å²) in [5.41, 5.74) is 2.46. The van der Waals surface area contributed by atoms with Gasteiger partial charge in [0.25, 0.3) is 0 Å². The third-order valence-corrected chi connectivity index (χ3v) is 4.77. The van der Waals surface area contributed by atoms with Gasteiger partial charge >= 0.3 is 6.09 Å². The molecule has 1 aromatic carbocycles. The van der Waals surface area contributed by atoms with E-state index in [0.29, 0.717) is 5.56 Å². The first-order valence-corrected chi connectivity index (χ1v) is 8.73. The molecule has 2 aliphatic heterocycles. The molecule has 1 amide bonds. The summed E-state index contributed by atoms with van der Waals surface area (Å²) < 4.78 is 19.1. The van der Waals surface area contributed by atoms with Gasteiger partial charge in [-0.1, -0.05) is 12.1 Å². The van der Waals surface area contributed by atoms with Gasteiger partial charge in [0.1, 0.15) is 11.4 Å². The van der Waals surface area contributed by atoms with Crippen LogP contribution in [0.1, 0.15) is 57.6 Å². The third kappa shape index (κ3) is 3.47. The highest BCUT2D eigenvalue weighted by molar-refractivity contribution is 5.75. The maximum absolute atomic E-state index is 13.5. The molecule has 3 nitrogen and oxygen atoms in total. The Kier molecular flexibility index (Phi) is 4.41. The number of fused-ring (bicyclic) bond motifs is 2. The zero-order valence-corrected chi connectivity index (χ0v) is 14.9. The van der Waals surface area contributed by atoms with Crippen LogP contribution in [-0.2, 0) is 4.74 Å². The maximum Gasteiger partial charge on any atom is 0.411 e. The van der Waals surface area contributed by atoms with Gasteiger partial charge < -0.3 is 4.74 Å². The van der Waals surface area contributed by atoms with Gasteiger partial charge in [0.15, 0.2) is 0 Å². The summed E-state index contributed by atoms with van der Waals surface area (Å²) >= 11 is 0. The molecule has 130 valence electrons. The molecule has 1 aromatic rings. The van der Waals surface area contributed by atoms with Crippen LogP contribution in [0.3, 0.4) is 0 Å². The van der Waals surface area contributed by atoms with Crippen LogP contribution in [0.25, 0.3) is 5.57 Å². The van der Waals surface area contributed by atoms with E-state index in [1.165, 1.54) is 11.6 Å². The van der Waals surface area contributed by atoms with Crippen LogP contribution < -0.4 is 0 Å². The Hall–Kier alpha value is -1.84. The molecule has 24 heavy (non-hydrogen) atoms. The number of carbonyl (C=O) groups is 1. The van der Waals surface area contributed by atoms with Crippen LogP contribution in [0, 0.1) is 12.7 Å². The standard InChI is InChI=1S/C20H26FNO2/c1-13-10-14(8-9-18(13)21)15-11-16-6-5-7-17(12-15)22(16)19(23)24-20(2,3)4/h8-11,16-17H,5-7,12H2,1-4H3. The second-order valence-corrected chi connectivity index (χ2v) is 7.90. The highest BCUT2D eigenvalue weighted by Gasteiger charge is 2.39. The summed E-state index contributed by atoms with van der Waals surface area (Å²) in [7, 11) is 0. The number of nitrogens with zero attached hydrogens (tertiary/aromatic N) is 1. The molecule has 0 saturated carbocycles. The molecule has 2 aliphatic rings. The fourth-order valence-electron chi connectivity index (χ4n) is 3.69. The molecule has 0 spiro atoms. The van der Waals surface area contributed by atoms with Crippen LogP contribution in [0.4, 0.5) is 9.18 Å². The molecule has 4 heteroatoms. The van der Waals surface area contributed by atoms with Crippen molar-refractivity contribution in [2.24, 2.45) is 0 Å². The number of ether oxygens (including phenoxy) is 1. The monoisotopic (exact) mass is 331 g/mol. The Balaban J connectivity index is 1.87. The van der Waals surface area contributed by atoms with Crippen molar-refractivity contribution in [3.63, 3.8) is 0 Å². The van der Waals surface area contributed by atoms with Gasteiger partial charge in [0.05, 0.1) is 6.04 Å². The summed E-state index contributed by atoms with van der Waals surface area (Å²) in [6.45, 7) is 7.48. The molecular formula is C20H26FNO2. The molecule has 1 saturated heterocycles. The lowest BCUT2D eigenvalue weighted by Crippen LogP contribution is -2.53. The lowest BCUT2D eigenvalue weighted by molar-refractivity contribution is 0.0000852. The van der Waals surface area contributed by atoms with E-state index in [1.807, 2.05) is 37.8 Å². The van der Waals surface area contributed by atoms with Gasteiger partial charge in [0, 0.05) is 6.04 Å². The van der Waals surface area contributed by atoms with Crippen molar-refractivity contribution in [2.75, 3.05) is 0 Å². The minimum Gasteiger partial charge on any atom is -0.444 e. The number of rotatable bonds is 1. The second-order valence-electron chi connectivity index (χ2n) is 7.90. The number of aryl methyl sites for hydroxylation is 1. The van der Waals surface area contributed by atoms with E-state index < -0.39 is 5.60 Å². The predicted octanol–water partition coefficient (Wildman–Crippen LogP) is 5.08. The second kappa shape index (κ2) is 6.23. The number of amides is 1. The normalized spacial score (nSPS) is 23.7. The number of hydrogen-bond donors (Lipinski definition) is 0. The first-order valence-electron chi connectivity index (χ1n) is 8.73. The van der Waals surface area contributed by atoms with Crippen LogP contribution in [-0.4, -0.2) is 28.7 Å². The first-order chi connectivity index (χ1) is 11.2. The van der Waals surface area contributed by atoms with Crippen molar-refractivity contribution in [3.8, 4) is 0 Å². The van der Waals surface area contributed by atoms with E-state index in [-0.39, 0.29) is 24.0 Å². The zero-order chi connectivity index (χ0) is 17.5. The molecular weight excluding hydrogens is 305 g/mol. The fraction of sp³-hybridized carbons (Fsp3) is 0.550. The lowest BCUT2D eigenvalue weighted by atomic mass is 9.83. The van der Waals surface area contributed by atoms with Crippen molar-refractivity contribution in [1.82, 2.24) is 4.90 Å². The topological polar surface area (TPSA) is 29.5 Å². The molecule has 0 aromatic heterocycles. The summed E-state index contributed by atoms with van der Waals surface area (Å²) in [4.78, 5) is 14.5. The van der Waals surface area contributed by atoms with Crippen molar-refractivity contribution < 1.29 is 13.9 Å². The Bertz CT molecular complexity index is 675. The van der Waals surface area contributed by atoms with E-state index in [2.05, 4.69) is 6.08 Å². The highest BCUT2D eigenvalue weighted by Crippen LogP contribution is 2.38. The van der Waals surface area contributed by atoms with E-state index in [9.17, 15) is 9.18 Å². The molecule has 0 aliphatic carbocycles. The predicted molar refractivity (Wildman–Crippen MR) is 93.2 cm³/mol. The smallest absolute Gasteiger partial charge is 0.411 e. The average Bonchev–Trinajstić information content (AvgIpc) is 2.47. The SMILES string of the molecule is Cc1cc(C2=CC3CCCC(C2)N3C(=O)OC(C)(C)C)ccc1F. The number of halogens is 1. The van der Waals surface area contributed by atoms with Gasteiger partial charge in [-0.05, 0) is 82.2 Å². The Morgan fingerprint density at radius 3 is 2.67 bits per heavy atom. The lowest BCUT2D eigenvalue weighted by Gasteiger charge is -2.45. The molecule has 0 N–H and O–H groups in total. The number of hydrogen-bond acceptors (Lipinski definition) is 2. The molecule has 2 heterocycles. The minimum atomic E-state index is -0.483. The summed E-state index contributed by atoms with van der Waals surface area (Å²) in [6, 6.07) is 5.52. The molecule has 2 atom stereocenters. The average molecular weight is 331 g/mol. The molecule has 2 bridgehead atoms. The quantitative estimate of drug-likeness (QED) is 0.718. The molecule has 1 fully saturated rings. The third-order valence-electron chi connectivity index (χ3n) is 4.77. The highest BCUT2D eigenvalue weighted by atomic mass is 19.1. The van der Waals surface area contributed by atoms with Crippen molar-refractivity contribution >= 4 is 11.7 Å². The fourth-order valence-corrected chi connectivity index (χ4v) is 3.69. The number of benzene rings is 1. The van der Waals surface area contributed by atoms with E-state index in [4.69, 9.17) is 4.74 Å². The van der Waals surface area contributed by atoms with Gasteiger partial charge in [0.2, 0.25) is 0 Å². The molecule has 0 radical (unpaired) electrons. The van der Waals surface area contributed by atoms with E-state index in [1.54, 1.807) is 6.92 Å². The minimum absolute atomic E-state index is 0.0766. The Labute approximate surface area is 143 Å². The van der Waals surface area contributed by atoms with Gasteiger partial charge in [-0.15, -0.1) is 0 Å². The number of carbonyl (C=O) groups excluding carboxylic acids is 1. The van der Waals surface area contributed by atoms with E-state index in [0.717, 1.165) is 31.2 Å². The summed E-state index contributed by atoms with van der Waals surface area (Å²) in [5.74, 6) is -0.175. The van der Waals surface area contributed by atoms with Gasteiger partial charge in [-0.25, -0.2) is 9.18 Å².